The van der Waals surface area contributed by atoms with Crippen LogP contribution in [0.5, 0.6) is 5.75 Å². The molecule has 1 amide bonds. The SMILES string of the molecule is COc1cccc(-c2csc(NC(=O)COC(=O)c3ccc4ncoc4c3)n2)c1. The number of aromatic nitrogens is 2. The minimum Gasteiger partial charge on any atom is -0.497 e. The van der Waals surface area contributed by atoms with E-state index in [9.17, 15) is 9.59 Å². The van der Waals surface area contributed by atoms with E-state index in [4.69, 9.17) is 13.9 Å². The molecule has 0 radical (unpaired) electrons. The number of esters is 1. The number of oxazole rings is 1. The van der Waals surface area contributed by atoms with Crippen molar-refractivity contribution in [2.24, 2.45) is 0 Å². The molecule has 29 heavy (non-hydrogen) atoms. The van der Waals surface area contributed by atoms with E-state index in [0.717, 1.165) is 11.3 Å². The molecular formula is C20H15N3O5S. The van der Waals surface area contributed by atoms with Gasteiger partial charge in [0.05, 0.1) is 18.4 Å². The van der Waals surface area contributed by atoms with Crippen molar-refractivity contribution in [1.29, 1.82) is 0 Å². The fraction of sp³-hybridized carbons (Fsp3) is 0.100. The summed E-state index contributed by atoms with van der Waals surface area (Å²) in [6, 6.07) is 12.2. The first-order chi connectivity index (χ1) is 14.1. The van der Waals surface area contributed by atoms with Crippen LogP contribution in [0.2, 0.25) is 0 Å². The van der Waals surface area contributed by atoms with Gasteiger partial charge in [0.2, 0.25) is 0 Å². The van der Waals surface area contributed by atoms with E-state index in [1.54, 1.807) is 19.2 Å². The quantitative estimate of drug-likeness (QED) is 0.484. The molecule has 2 heterocycles. The van der Waals surface area contributed by atoms with Crippen LogP contribution in [0.3, 0.4) is 0 Å². The lowest BCUT2D eigenvalue weighted by Crippen LogP contribution is -2.20. The summed E-state index contributed by atoms with van der Waals surface area (Å²) in [5.74, 6) is -0.392. The molecule has 1 N–H and O–H groups in total. The first kappa shape index (κ1) is 18.6. The smallest absolute Gasteiger partial charge is 0.338 e. The molecule has 0 fully saturated rings. The Kier molecular flexibility index (Phi) is 5.21. The zero-order valence-corrected chi connectivity index (χ0v) is 16.1. The Bertz CT molecular complexity index is 1180. The van der Waals surface area contributed by atoms with E-state index in [-0.39, 0.29) is 5.56 Å². The number of benzene rings is 2. The maximum atomic E-state index is 12.1. The van der Waals surface area contributed by atoms with Gasteiger partial charge in [-0.25, -0.2) is 14.8 Å². The number of nitrogens with one attached hydrogen (secondary N) is 1. The van der Waals surface area contributed by atoms with Gasteiger partial charge in [-0.15, -0.1) is 11.3 Å². The van der Waals surface area contributed by atoms with Crippen molar-refractivity contribution in [3.8, 4) is 17.0 Å². The predicted octanol–water partition coefficient (Wildman–Crippen LogP) is 3.76. The van der Waals surface area contributed by atoms with Crippen LogP contribution in [0.4, 0.5) is 5.13 Å². The Morgan fingerprint density at radius 3 is 2.97 bits per heavy atom. The number of carbonyl (C=O) groups excluding carboxylic acids is 2. The van der Waals surface area contributed by atoms with Crippen LogP contribution in [-0.4, -0.2) is 35.6 Å². The molecule has 0 saturated carbocycles. The second-order valence-corrected chi connectivity index (χ2v) is 6.79. The molecular weight excluding hydrogens is 394 g/mol. The van der Waals surface area contributed by atoms with Crippen molar-refractivity contribution in [3.05, 3.63) is 59.8 Å². The maximum absolute atomic E-state index is 12.1. The van der Waals surface area contributed by atoms with Gasteiger partial charge in [0.25, 0.3) is 5.91 Å². The van der Waals surface area contributed by atoms with Crippen molar-refractivity contribution in [3.63, 3.8) is 0 Å². The average Bonchev–Trinajstić information content (AvgIpc) is 3.41. The average molecular weight is 409 g/mol. The number of hydrogen-bond donors (Lipinski definition) is 1. The number of hydrogen-bond acceptors (Lipinski definition) is 8. The molecule has 0 bridgehead atoms. The van der Waals surface area contributed by atoms with Crippen LogP contribution in [0.1, 0.15) is 10.4 Å². The molecule has 0 aliphatic carbocycles. The van der Waals surface area contributed by atoms with Gasteiger partial charge in [0, 0.05) is 10.9 Å². The van der Waals surface area contributed by atoms with E-state index >= 15 is 0 Å². The van der Waals surface area contributed by atoms with Crippen LogP contribution in [0.25, 0.3) is 22.4 Å². The van der Waals surface area contributed by atoms with Crippen molar-refractivity contribution in [2.75, 3.05) is 19.0 Å². The minimum atomic E-state index is -0.630. The topological polar surface area (TPSA) is 104 Å². The normalized spacial score (nSPS) is 10.7. The first-order valence-corrected chi connectivity index (χ1v) is 9.40. The molecule has 0 atom stereocenters. The van der Waals surface area contributed by atoms with Gasteiger partial charge in [-0.3, -0.25) is 10.1 Å². The van der Waals surface area contributed by atoms with Gasteiger partial charge < -0.3 is 13.9 Å². The summed E-state index contributed by atoms with van der Waals surface area (Å²) >= 11 is 1.28. The van der Waals surface area contributed by atoms with Gasteiger partial charge in [-0.05, 0) is 30.3 Å². The van der Waals surface area contributed by atoms with Crippen molar-refractivity contribution >= 4 is 39.4 Å². The number of methoxy groups -OCH3 is 1. The number of thiazole rings is 1. The zero-order valence-electron chi connectivity index (χ0n) is 15.2. The number of fused-ring (bicyclic) bond motifs is 1. The Labute approximate surface area is 169 Å². The lowest BCUT2D eigenvalue weighted by molar-refractivity contribution is -0.119. The van der Waals surface area contributed by atoms with Crippen LogP contribution in [-0.2, 0) is 9.53 Å². The van der Waals surface area contributed by atoms with Crippen LogP contribution in [0, 0.1) is 0 Å². The summed E-state index contributed by atoms with van der Waals surface area (Å²) in [6.07, 6.45) is 1.29. The predicted molar refractivity (Wildman–Crippen MR) is 107 cm³/mol. The minimum absolute atomic E-state index is 0.275. The van der Waals surface area contributed by atoms with Crippen LogP contribution >= 0.6 is 11.3 Å². The van der Waals surface area contributed by atoms with Gasteiger partial charge in [0.1, 0.15) is 11.3 Å². The number of nitrogens with zero attached hydrogens (tertiary/aromatic N) is 2. The molecule has 2 aromatic heterocycles. The Hall–Kier alpha value is -3.72. The molecule has 146 valence electrons. The molecule has 0 spiro atoms. The second-order valence-electron chi connectivity index (χ2n) is 5.93. The second kappa shape index (κ2) is 8.11. The summed E-state index contributed by atoms with van der Waals surface area (Å²) in [6.45, 7) is -0.429. The number of carbonyl (C=O) groups is 2. The highest BCUT2D eigenvalue weighted by molar-refractivity contribution is 7.14. The molecule has 9 heteroatoms. The highest BCUT2D eigenvalue weighted by Crippen LogP contribution is 2.27. The third-order valence-corrected chi connectivity index (χ3v) is 4.78. The Morgan fingerprint density at radius 1 is 1.21 bits per heavy atom. The highest BCUT2D eigenvalue weighted by atomic mass is 32.1. The lowest BCUT2D eigenvalue weighted by atomic mass is 10.2. The van der Waals surface area contributed by atoms with E-state index in [0.29, 0.717) is 21.9 Å². The third kappa shape index (κ3) is 4.25. The summed E-state index contributed by atoms with van der Waals surface area (Å²) in [4.78, 5) is 32.6. The summed E-state index contributed by atoms with van der Waals surface area (Å²) in [7, 11) is 1.59. The summed E-state index contributed by atoms with van der Waals surface area (Å²) in [5, 5.41) is 4.86. The molecule has 0 unspecified atom stereocenters. The summed E-state index contributed by atoms with van der Waals surface area (Å²) in [5.41, 5.74) is 2.96. The zero-order chi connectivity index (χ0) is 20.2. The standard InChI is InChI=1S/C20H15N3O5S/c1-26-14-4-2-3-12(7-14)16-10-29-20(22-16)23-18(24)9-27-19(25)13-5-6-15-17(8-13)28-11-21-15/h2-8,10-11H,9H2,1H3,(H,22,23,24). The van der Waals surface area contributed by atoms with Crippen molar-refractivity contribution in [2.45, 2.75) is 0 Å². The molecule has 4 rings (SSSR count). The molecule has 2 aromatic carbocycles. The highest BCUT2D eigenvalue weighted by Gasteiger charge is 2.14. The van der Waals surface area contributed by atoms with E-state index < -0.39 is 18.5 Å². The monoisotopic (exact) mass is 409 g/mol. The molecule has 0 saturated heterocycles. The molecule has 0 aliphatic rings. The summed E-state index contributed by atoms with van der Waals surface area (Å²) < 4.78 is 15.4. The van der Waals surface area contributed by atoms with E-state index in [1.807, 2.05) is 29.6 Å². The number of ether oxygens (including phenoxy) is 2. The number of rotatable bonds is 6. The van der Waals surface area contributed by atoms with E-state index in [2.05, 4.69) is 15.3 Å². The molecule has 0 aliphatic heterocycles. The lowest BCUT2D eigenvalue weighted by Gasteiger charge is -2.05. The largest absolute Gasteiger partial charge is 0.497 e. The third-order valence-electron chi connectivity index (χ3n) is 4.02. The molecule has 4 aromatic rings. The first-order valence-electron chi connectivity index (χ1n) is 8.52. The number of anilines is 1. The molecule has 8 nitrogen and oxygen atoms in total. The van der Waals surface area contributed by atoms with E-state index in [1.165, 1.54) is 23.8 Å². The van der Waals surface area contributed by atoms with Gasteiger partial charge in [0.15, 0.2) is 23.7 Å². The fourth-order valence-electron chi connectivity index (χ4n) is 2.60. The van der Waals surface area contributed by atoms with Gasteiger partial charge in [-0.1, -0.05) is 12.1 Å². The van der Waals surface area contributed by atoms with Crippen LogP contribution in [0.15, 0.2) is 58.7 Å². The Balaban J connectivity index is 1.35. The van der Waals surface area contributed by atoms with Gasteiger partial charge >= 0.3 is 5.97 Å². The van der Waals surface area contributed by atoms with Crippen molar-refractivity contribution < 1.29 is 23.5 Å². The van der Waals surface area contributed by atoms with Crippen molar-refractivity contribution in [1.82, 2.24) is 9.97 Å². The fourth-order valence-corrected chi connectivity index (χ4v) is 3.33. The Morgan fingerprint density at radius 2 is 2.10 bits per heavy atom. The number of amides is 1. The maximum Gasteiger partial charge on any atom is 0.338 e. The van der Waals surface area contributed by atoms with Crippen LogP contribution < -0.4 is 10.1 Å². The van der Waals surface area contributed by atoms with Gasteiger partial charge in [-0.2, -0.15) is 0 Å².